The number of aliphatic carboxylic acids is 1. The maximum Gasteiger partial charge on any atom is 0.321 e. The normalized spacial score (nSPS) is 18.0. The van der Waals surface area contributed by atoms with Gasteiger partial charge in [-0.05, 0) is 51.8 Å². The number of carbonyl (C=O) groups is 2. The molecule has 0 spiro atoms. The first kappa shape index (κ1) is 20.2. The molecule has 1 aromatic rings. The number of sulfonamides is 1. The van der Waals surface area contributed by atoms with E-state index in [1.807, 2.05) is 0 Å². The lowest BCUT2D eigenvalue weighted by molar-refractivity contribution is -0.141. The molecule has 1 aromatic carbocycles. The smallest absolute Gasteiger partial charge is 0.321 e. The van der Waals surface area contributed by atoms with Crippen molar-refractivity contribution in [3.05, 3.63) is 23.8 Å². The van der Waals surface area contributed by atoms with E-state index in [-0.39, 0.29) is 11.4 Å². The third kappa shape index (κ3) is 4.73. The molecule has 26 heavy (non-hydrogen) atoms. The molecule has 8 nitrogen and oxygen atoms in total. The van der Waals surface area contributed by atoms with E-state index in [1.165, 1.54) is 11.0 Å². The predicted octanol–water partition coefficient (Wildman–Crippen LogP) is 2.01. The summed E-state index contributed by atoms with van der Waals surface area (Å²) in [4.78, 5) is 24.9. The van der Waals surface area contributed by atoms with Gasteiger partial charge in [0.1, 0.15) is 0 Å². The van der Waals surface area contributed by atoms with E-state index in [2.05, 4.69) is 10.0 Å². The topological polar surface area (TPSA) is 116 Å². The predicted molar refractivity (Wildman–Crippen MR) is 97.6 cm³/mol. The Morgan fingerprint density at radius 1 is 1.27 bits per heavy atom. The molecule has 0 saturated carbocycles. The number of amides is 2. The fourth-order valence-corrected chi connectivity index (χ4v) is 4.53. The van der Waals surface area contributed by atoms with Crippen LogP contribution in [-0.2, 0) is 14.8 Å². The van der Waals surface area contributed by atoms with Gasteiger partial charge < -0.3 is 15.3 Å². The van der Waals surface area contributed by atoms with Crippen LogP contribution in [0.1, 0.15) is 32.8 Å². The molecule has 0 bridgehead atoms. The van der Waals surface area contributed by atoms with E-state index < -0.39 is 33.5 Å². The molecule has 0 radical (unpaired) electrons. The van der Waals surface area contributed by atoms with E-state index in [0.29, 0.717) is 24.2 Å². The number of benzene rings is 1. The van der Waals surface area contributed by atoms with Crippen molar-refractivity contribution in [3.8, 4) is 0 Å². The molecule has 9 heteroatoms. The molecule has 2 rings (SSSR count). The van der Waals surface area contributed by atoms with E-state index >= 15 is 0 Å². The van der Waals surface area contributed by atoms with E-state index in [1.54, 1.807) is 39.8 Å². The summed E-state index contributed by atoms with van der Waals surface area (Å²) in [5.74, 6) is -1.48. The molecular weight excluding hydrogens is 358 g/mol. The second-order valence-corrected chi connectivity index (χ2v) is 9.14. The summed E-state index contributed by atoms with van der Waals surface area (Å²) in [6, 6.07) is 4.23. The summed E-state index contributed by atoms with van der Waals surface area (Å²) in [5.41, 5.74) is 0.170. The zero-order chi connectivity index (χ0) is 19.7. The van der Waals surface area contributed by atoms with Crippen LogP contribution in [0.25, 0.3) is 0 Å². The molecule has 1 heterocycles. The van der Waals surface area contributed by atoms with Crippen LogP contribution >= 0.6 is 0 Å². The number of nitrogens with one attached hydrogen (secondary N) is 2. The van der Waals surface area contributed by atoms with Crippen molar-refractivity contribution >= 4 is 27.7 Å². The minimum atomic E-state index is -3.74. The quantitative estimate of drug-likeness (QED) is 0.735. The Labute approximate surface area is 153 Å². The number of anilines is 1. The van der Waals surface area contributed by atoms with Crippen LogP contribution in [0.4, 0.5) is 10.5 Å². The van der Waals surface area contributed by atoms with E-state index in [4.69, 9.17) is 5.11 Å². The van der Waals surface area contributed by atoms with Crippen LogP contribution in [0, 0.1) is 12.8 Å². The second kappa shape index (κ2) is 7.24. The highest BCUT2D eigenvalue weighted by atomic mass is 32.2. The lowest BCUT2D eigenvalue weighted by atomic mass is 10.1. The monoisotopic (exact) mass is 383 g/mol. The Kier molecular flexibility index (Phi) is 5.62. The fraction of sp³-hybridized carbons (Fsp3) is 0.529. The van der Waals surface area contributed by atoms with Gasteiger partial charge in [0.2, 0.25) is 10.0 Å². The van der Waals surface area contributed by atoms with Crippen molar-refractivity contribution in [2.45, 2.75) is 44.6 Å². The van der Waals surface area contributed by atoms with Crippen molar-refractivity contribution in [2.75, 3.05) is 18.4 Å². The molecule has 0 aliphatic carbocycles. The molecular formula is C17H25N3O5S. The molecule has 144 valence electrons. The number of carbonyl (C=O) groups excluding carboxylic acids is 1. The van der Waals surface area contributed by atoms with Crippen LogP contribution in [0.5, 0.6) is 0 Å². The third-order valence-electron chi connectivity index (χ3n) is 4.08. The van der Waals surface area contributed by atoms with Crippen LogP contribution < -0.4 is 10.0 Å². The first-order chi connectivity index (χ1) is 11.9. The molecule has 1 unspecified atom stereocenters. The van der Waals surface area contributed by atoms with Crippen LogP contribution in [-0.4, -0.2) is 49.1 Å². The van der Waals surface area contributed by atoms with Crippen molar-refractivity contribution in [2.24, 2.45) is 5.92 Å². The van der Waals surface area contributed by atoms with Crippen LogP contribution in [0.3, 0.4) is 0 Å². The molecule has 1 atom stereocenters. The van der Waals surface area contributed by atoms with Gasteiger partial charge in [-0.25, -0.2) is 17.9 Å². The summed E-state index contributed by atoms with van der Waals surface area (Å²) in [7, 11) is -3.74. The number of nitrogens with zero attached hydrogens (tertiary/aromatic N) is 1. The number of urea groups is 1. The first-order valence-electron chi connectivity index (χ1n) is 8.33. The molecule has 1 fully saturated rings. The van der Waals surface area contributed by atoms with Gasteiger partial charge >= 0.3 is 12.0 Å². The van der Waals surface area contributed by atoms with Gasteiger partial charge in [-0.15, -0.1) is 0 Å². The van der Waals surface area contributed by atoms with Crippen molar-refractivity contribution in [1.82, 2.24) is 9.62 Å². The highest BCUT2D eigenvalue weighted by molar-refractivity contribution is 7.89. The van der Waals surface area contributed by atoms with Gasteiger partial charge in [0.05, 0.1) is 10.8 Å². The SMILES string of the molecule is Cc1c(NC(=O)N2CCC(C(=O)O)C2)cccc1S(=O)(=O)NC(C)(C)C. The van der Waals surface area contributed by atoms with Crippen LogP contribution in [0.15, 0.2) is 23.1 Å². The second-order valence-electron chi connectivity index (χ2n) is 7.48. The number of hydrogen-bond donors (Lipinski definition) is 3. The first-order valence-corrected chi connectivity index (χ1v) is 9.81. The lowest BCUT2D eigenvalue weighted by Crippen LogP contribution is -2.40. The zero-order valence-electron chi connectivity index (χ0n) is 15.4. The Morgan fingerprint density at radius 3 is 2.46 bits per heavy atom. The number of hydrogen-bond acceptors (Lipinski definition) is 4. The van der Waals surface area contributed by atoms with Gasteiger partial charge in [0.15, 0.2) is 0 Å². The lowest BCUT2D eigenvalue weighted by Gasteiger charge is -2.22. The number of likely N-dealkylation sites (tertiary alicyclic amines) is 1. The average Bonchev–Trinajstić information content (AvgIpc) is 2.96. The molecule has 0 aromatic heterocycles. The Morgan fingerprint density at radius 2 is 1.92 bits per heavy atom. The van der Waals surface area contributed by atoms with Crippen LogP contribution in [0.2, 0.25) is 0 Å². The van der Waals surface area contributed by atoms with Gasteiger partial charge in [-0.3, -0.25) is 4.79 Å². The molecule has 1 aliphatic rings. The van der Waals surface area contributed by atoms with Gasteiger partial charge in [0, 0.05) is 24.3 Å². The summed E-state index contributed by atoms with van der Waals surface area (Å²) >= 11 is 0. The van der Waals surface area contributed by atoms with Crippen molar-refractivity contribution in [3.63, 3.8) is 0 Å². The molecule has 2 amide bonds. The highest BCUT2D eigenvalue weighted by Gasteiger charge is 2.31. The van der Waals surface area contributed by atoms with Gasteiger partial charge in [-0.1, -0.05) is 6.07 Å². The summed E-state index contributed by atoms with van der Waals surface area (Å²) in [5, 5.41) is 11.7. The van der Waals surface area contributed by atoms with E-state index in [0.717, 1.165) is 0 Å². The standard InChI is InChI=1S/C17H25N3O5S/c1-11-13(18-16(23)20-9-8-12(10-20)15(21)22)6-5-7-14(11)26(24,25)19-17(2,3)4/h5-7,12,19H,8-10H2,1-4H3,(H,18,23)(H,21,22). The summed E-state index contributed by atoms with van der Waals surface area (Å²) in [6.45, 7) is 7.36. The molecule has 1 aliphatic heterocycles. The Balaban J connectivity index is 2.19. The maximum atomic E-state index is 12.6. The minimum Gasteiger partial charge on any atom is -0.481 e. The largest absolute Gasteiger partial charge is 0.481 e. The minimum absolute atomic E-state index is 0.0926. The molecule has 1 saturated heterocycles. The Hall–Kier alpha value is -2.13. The summed E-state index contributed by atoms with van der Waals surface area (Å²) in [6.07, 6.45) is 0.408. The average molecular weight is 383 g/mol. The van der Waals surface area contributed by atoms with Crippen molar-refractivity contribution < 1.29 is 23.1 Å². The summed E-state index contributed by atoms with van der Waals surface area (Å²) < 4.78 is 27.8. The maximum absolute atomic E-state index is 12.6. The third-order valence-corrected chi connectivity index (χ3v) is 5.98. The number of rotatable bonds is 4. The van der Waals surface area contributed by atoms with Gasteiger partial charge in [-0.2, -0.15) is 0 Å². The Bertz CT molecular complexity index is 814. The highest BCUT2D eigenvalue weighted by Crippen LogP contribution is 2.25. The van der Waals surface area contributed by atoms with Crippen molar-refractivity contribution in [1.29, 1.82) is 0 Å². The van der Waals surface area contributed by atoms with E-state index in [9.17, 15) is 18.0 Å². The number of carboxylic acid groups (broad SMARTS) is 1. The van der Waals surface area contributed by atoms with Gasteiger partial charge in [0.25, 0.3) is 0 Å². The zero-order valence-corrected chi connectivity index (χ0v) is 16.2. The molecule has 3 N–H and O–H groups in total. The fourth-order valence-electron chi connectivity index (χ4n) is 2.84. The number of carboxylic acids is 1.